The maximum atomic E-state index is 13.2. The zero-order valence-electron chi connectivity index (χ0n) is 20.7. The third-order valence-electron chi connectivity index (χ3n) is 5.37. The van der Waals surface area contributed by atoms with E-state index in [1.807, 2.05) is 97.6 Å². The first-order valence-corrected chi connectivity index (χ1v) is 12.8. The smallest absolute Gasteiger partial charge is 0.264 e. The van der Waals surface area contributed by atoms with Gasteiger partial charge in [-0.25, -0.2) is 4.98 Å². The van der Waals surface area contributed by atoms with E-state index < -0.39 is 0 Å². The molecule has 0 aliphatic carbocycles. The Hall–Kier alpha value is -3.91. The number of ether oxygens (including phenoxy) is 1. The van der Waals surface area contributed by atoms with Gasteiger partial charge in [0.05, 0.1) is 22.9 Å². The highest BCUT2D eigenvalue weighted by Gasteiger charge is 2.22. The maximum Gasteiger partial charge on any atom is 0.264 e. The molecule has 7 nitrogen and oxygen atoms in total. The Morgan fingerprint density at radius 2 is 1.89 bits per heavy atom. The second-order valence-corrected chi connectivity index (χ2v) is 9.67. The SMILES string of the molecule is CCOc1cccc(-n2cc(-c3ccccc3)nc2NC(=O)CN(CC(C)C)C(=O)c2cccs2)c1. The molecule has 0 atom stereocenters. The van der Waals surface area contributed by atoms with Gasteiger partial charge in [0.1, 0.15) is 12.3 Å². The average molecular weight is 503 g/mol. The van der Waals surface area contributed by atoms with Gasteiger partial charge in [-0.2, -0.15) is 0 Å². The minimum Gasteiger partial charge on any atom is -0.494 e. The molecule has 36 heavy (non-hydrogen) atoms. The van der Waals surface area contributed by atoms with Gasteiger partial charge in [-0.3, -0.25) is 19.5 Å². The number of nitrogens with one attached hydrogen (secondary N) is 1. The molecule has 0 fully saturated rings. The molecule has 0 saturated heterocycles. The Bertz CT molecular complexity index is 1300. The molecule has 4 rings (SSSR count). The van der Waals surface area contributed by atoms with Gasteiger partial charge in [-0.05, 0) is 36.4 Å². The first-order valence-electron chi connectivity index (χ1n) is 11.9. The van der Waals surface area contributed by atoms with Crippen molar-refractivity contribution in [3.63, 3.8) is 0 Å². The van der Waals surface area contributed by atoms with Crippen molar-refractivity contribution >= 4 is 29.1 Å². The first-order chi connectivity index (χ1) is 17.4. The molecule has 4 aromatic rings. The quantitative estimate of drug-likeness (QED) is 0.300. The van der Waals surface area contributed by atoms with Crippen LogP contribution in [-0.2, 0) is 4.79 Å². The molecule has 8 heteroatoms. The van der Waals surface area contributed by atoms with Crippen LogP contribution < -0.4 is 10.1 Å². The number of carbonyl (C=O) groups excluding carboxylic acids is 2. The summed E-state index contributed by atoms with van der Waals surface area (Å²) in [5.74, 6) is 0.863. The summed E-state index contributed by atoms with van der Waals surface area (Å²) in [4.78, 5) is 33.2. The molecule has 0 aliphatic heterocycles. The van der Waals surface area contributed by atoms with Crippen molar-refractivity contribution in [2.45, 2.75) is 20.8 Å². The number of imidazole rings is 1. The second-order valence-electron chi connectivity index (χ2n) is 8.72. The lowest BCUT2D eigenvalue weighted by atomic mass is 10.2. The Labute approximate surface area is 215 Å². The highest BCUT2D eigenvalue weighted by molar-refractivity contribution is 7.12. The van der Waals surface area contributed by atoms with Gasteiger partial charge >= 0.3 is 0 Å². The standard InChI is InChI=1S/C28H30N4O3S/c1-4-35-23-13-8-12-22(16-23)32-18-24(21-10-6-5-7-11-21)29-28(32)30-26(33)19-31(17-20(2)3)27(34)25-14-9-15-36-25/h5-16,18,20H,4,17,19H2,1-3H3,(H,29,30,33). The number of rotatable bonds is 10. The third-order valence-corrected chi connectivity index (χ3v) is 6.23. The van der Waals surface area contributed by atoms with E-state index in [4.69, 9.17) is 9.72 Å². The number of hydrogen-bond acceptors (Lipinski definition) is 5. The van der Waals surface area contributed by atoms with E-state index in [-0.39, 0.29) is 24.3 Å². The van der Waals surface area contributed by atoms with Crippen LogP contribution in [0.4, 0.5) is 5.95 Å². The molecule has 2 heterocycles. The van der Waals surface area contributed by atoms with Crippen LogP contribution >= 0.6 is 11.3 Å². The number of amides is 2. The van der Waals surface area contributed by atoms with Gasteiger partial charge in [0.2, 0.25) is 11.9 Å². The van der Waals surface area contributed by atoms with E-state index >= 15 is 0 Å². The number of nitrogens with zero attached hydrogens (tertiary/aromatic N) is 3. The van der Waals surface area contributed by atoms with Crippen LogP contribution in [0.2, 0.25) is 0 Å². The Morgan fingerprint density at radius 1 is 1.08 bits per heavy atom. The fourth-order valence-corrected chi connectivity index (χ4v) is 4.55. The van der Waals surface area contributed by atoms with Gasteiger partial charge in [-0.1, -0.05) is 56.3 Å². The third kappa shape index (κ3) is 6.20. The van der Waals surface area contributed by atoms with Crippen molar-refractivity contribution < 1.29 is 14.3 Å². The summed E-state index contributed by atoms with van der Waals surface area (Å²) in [6.07, 6.45) is 1.89. The summed E-state index contributed by atoms with van der Waals surface area (Å²) in [7, 11) is 0. The van der Waals surface area contributed by atoms with Crippen LogP contribution in [0, 0.1) is 5.92 Å². The fraction of sp³-hybridized carbons (Fsp3) is 0.250. The normalized spacial score (nSPS) is 10.9. The summed E-state index contributed by atoms with van der Waals surface area (Å²) in [5.41, 5.74) is 2.46. The van der Waals surface area contributed by atoms with Gasteiger partial charge in [0, 0.05) is 24.4 Å². The number of carbonyl (C=O) groups is 2. The van der Waals surface area contributed by atoms with Gasteiger partial charge in [-0.15, -0.1) is 11.3 Å². The summed E-state index contributed by atoms with van der Waals surface area (Å²) in [6.45, 7) is 6.94. The predicted octanol–water partition coefficient (Wildman–Crippen LogP) is 5.74. The lowest BCUT2D eigenvalue weighted by Crippen LogP contribution is -2.40. The number of aromatic nitrogens is 2. The van der Waals surface area contributed by atoms with Crippen LogP contribution in [0.25, 0.3) is 16.9 Å². The van der Waals surface area contributed by atoms with E-state index in [0.29, 0.717) is 24.0 Å². The molecule has 0 radical (unpaired) electrons. The molecule has 0 unspecified atom stereocenters. The monoisotopic (exact) mass is 502 g/mol. The van der Waals surface area contributed by atoms with E-state index in [1.54, 1.807) is 11.0 Å². The number of anilines is 1. The predicted molar refractivity (Wildman–Crippen MR) is 144 cm³/mol. The first kappa shape index (κ1) is 25.2. The van der Waals surface area contributed by atoms with Crippen molar-refractivity contribution in [3.05, 3.63) is 83.2 Å². The summed E-state index contributed by atoms with van der Waals surface area (Å²) in [5, 5.41) is 4.80. The largest absolute Gasteiger partial charge is 0.494 e. The molecule has 0 aliphatic rings. The van der Waals surface area contributed by atoms with Crippen LogP contribution in [0.15, 0.2) is 78.3 Å². The molecular formula is C28H30N4O3S. The highest BCUT2D eigenvalue weighted by atomic mass is 32.1. The molecule has 0 bridgehead atoms. The molecule has 2 aromatic carbocycles. The number of thiophene rings is 1. The van der Waals surface area contributed by atoms with E-state index in [1.165, 1.54) is 11.3 Å². The van der Waals surface area contributed by atoms with Gasteiger partial charge < -0.3 is 9.64 Å². The van der Waals surface area contributed by atoms with Crippen molar-refractivity contribution in [2.75, 3.05) is 25.0 Å². The van der Waals surface area contributed by atoms with Crippen LogP contribution in [0.5, 0.6) is 5.75 Å². The van der Waals surface area contributed by atoms with E-state index in [0.717, 1.165) is 22.7 Å². The molecule has 0 saturated carbocycles. The molecular weight excluding hydrogens is 472 g/mol. The second kappa shape index (κ2) is 11.7. The Morgan fingerprint density at radius 3 is 2.58 bits per heavy atom. The lowest BCUT2D eigenvalue weighted by Gasteiger charge is -2.23. The Kier molecular flexibility index (Phi) is 8.17. The van der Waals surface area contributed by atoms with Crippen LogP contribution in [0.3, 0.4) is 0 Å². The number of benzene rings is 2. The van der Waals surface area contributed by atoms with E-state index in [2.05, 4.69) is 5.32 Å². The van der Waals surface area contributed by atoms with Crippen molar-refractivity contribution in [1.82, 2.24) is 14.5 Å². The highest BCUT2D eigenvalue weighted by Crippen LogP contribution is 2.26. The number of hydrogen-bond donors (Lipinski definition) is 1. The zero-order valence-corrected chi connectivity index (χ0v) is 21.5. The topological polar surface area (TPSA) is 76.5 Å². The van der Waals surface area contributed by atoms with Crippen molar-refractivity contribution in [3.8, 4) is 22.7 Å². The summed E-state index contributed by atoms with van der Waals surface area (Å²) < 4.78 is 7.50. The summed E-state index contributed by atoms with van der Waals surface area (Å²) >= 11 is 1.37. The molecule has 1 N–H and O–H groups in total. The van der Waals surface area contributed by atoms with Crippen molar-refractivity contribution in [1.29, 1.82) is 0 Å². The fourth-order valence-electron chi connectivity index (χ4n) is 3.86. The Balaban J connectivity index is 1.63. The van der Waals surface area contributed by atoms with Crippen LogP contribution in [-0.4, -0.2) is 46.0 Å². The van der Waals surface area contributed by atoms with Gasteiger partial charge in [0.15, 0.2) is 0 Å². The van der Waals surface area contributed by atoms with Crippen molar-refractivity contribution in [2.24, 2.45) is 5.92 Å². The van der Waals surface area contributed by atoms with Gasteiger partial charge in [0.25, 0.3) is 5.91 Å². The average Bonchev–Trinajstić information content (AvgIpc) is 3.55. The maximum absolute atomic E-state index is 13.2. The summed E-state index contributed by atoms with van der Waals surface area (Å²) in [6, 6.07) is 21.0. The molecule has 186 valence electrons. The van der Waals surface area contributed by atoms with Crippen LogP contribution in [0.1, 0.15) is 30.4 Å². The molecule has 0 spiro atoms. The molecule has 2 amide bonds. The lowest BCUT2D eigenvalue weighted by molar-refractivity contribution is -0.117. The minimum absolute atomic E-state index is 0.0680. The molecule has 2 aromatic heterocycles. The van der Waals surface area contributed by atoms with E-state index in [9.17, 15) is 9.59 Å². The minimum atomic E-state index is -0.312. The zero-order chi connectivity index (χ0) is 25.5.